The third-order valence-electron chi connectivity index (χ3n) is 4.15. The van der Waals surface area contributed by atoms with Crippen molar-refractivity contribution in [1.29, 1.82) is 0 Å². The molecule has 1 heterocycles. The summed E-state index contributed by atoms with van der Waals surface area (Å²) in [6.07, 6.45) is 0.0261. The monoisotopic (exact) mass is 432 g/mol. The number of benzene rings is 2. The molecule has 1 aliphatic rings. The lowest BCUT2D eigenvalue weighted by Gasteiger charge is -2.13. The van der Waals surface area contributed by atoms with Crippen LogP contribution in [0.5, 0.6) is 0 Å². The minimum atomic E-state index is -3.78. The molecule has 0 radical (unpaired) electrons. The van der Waals surface area contributed by atoms with Crippen LogP contribution in [-0.4, -0.2) is 42.1 Å². The third-order valence-corrected chi connectivity index (χ3v) is 6.26. The van der Waals surface area contributed by atoms with Crippen molar-refractivity contribution in [1.82, 2.24) is 4.90 Å². The number of nitrogens with one attached hydrogen (secondary N) is 1. The highest BCUT2D eigenvalue weighted by molar-refractivity contribution is 8.15. The van der Waals surface area contributed by atoms with Crippen LogP contribution in [0.25, 0.3) is 0 Å². The maximum Gasteiger partial charge on any atom is 0.242 e. The van der Waals surface area contributed by atoms with Crippen molar-refractivity contribution < 1.29 is 18.0 Å². The van der Waals surface area contributed by atoms with Crippen molar-refractivity contribution in [3.8, 4) is 0 Å². The Morgan fingerprint density at radius 3 is 2.41 bits per heavy atom. The zero-order valence-electron chi connectivity index (χ0n) is 15.6. The number of thioether (sulfide) groups is 1. The van der Waals surface area contributed by atoms with Gasteiger partial charge in [0.25, 0.3) is 0 Å². The molecule has 0 aliphatic carbocycles. The van der Waals surface area contributed by atoms with Crippen LogP contribution >= 0.6 is 11.8 Å². The molecule has 2 aromatic carbocycles. The molecule has 8 nitrogen and oxygen atoms in total. The Hall–Kier alpha value is -2.69. The van der Waals surface area contributed by atoms with Gasteiger partial charge in [0.1, 0.15) is 5.25 Å². The van der Waals surface area contributed by atoms with Crippen molar-refractivity contribution in [3.05, 3.63) is 54.6 Å². The van der Waals surface area contributed by atoms with Crippen LogP contribution in [0.3, 0.4) is 0 Å². The van der Waals surface area contributed by atoms with Crippen LogP contribution in [-0.2, 0) is 19.6 Å². The van der Waals surface area contributed by atoms with Gasteiger partial charge in [-0.05, 0) is 43.3 Å². The van der Waals surface area contributed by atoms with Gasteiger partial charge >= 0.3 is 0 Å². The minimum Gasteiger partial charge on any atom is -0.326 e. The van der Waals surface area contributed by atoms with Crippen molar-refractivity contribution >= 4 is 50.1 Å². The summed E-state index contributed by atoms with van der Waals surface area (Å²) in [5.41, 5.74) is 1.16. The highest BCUT2D eigenvalue weighted by Crippen LogP contribution is 2.31. The summed E-state index contributed by atoms with van der Waals surface area (Å²) in [7, 11) is -3.78. The van der Waals surface area contributed by atoms with Gasteiger partial charge in [0.2, 0.25) is 21.8 Å². The second-order valence-electron chi connectivity index (χ2n) is 6.24. The Morgan fingerprint density at radius 1 is 1.17 bits per heavy atom. The Bertz CT molecular complexity index is 1040. The molecule has 2 aromatic rings. The molecule has 1 atom stereocenters. The average Bonchev–Trinajstić information content (AvgIpc) is 2.96. The first-order valence-corrected chi connectivity index (χ1v) is 11.2. The molecule has 0 aromatic heterocycles. The lowest BCUT2D eigenvalue weighted by Crippen LogP contribution is -2.33. The quantitative estimate of drug-likeness (QED) is 0.725. The number of carbonyl (C=O) groups is 2. The van der Waals surface area contributed by atoms with E-state index in [-0.39, 0.29) is 23.1 Å². The number of primary sulfonamides is 1. The normalized spacial score (nSPS) is 18.3. The molecule has 0 saturated carbocycles. The summed E-state index contributed by atoms with van der Waals surface area (Å²) in [5, 5.41) is 7.77. The third kappa shape index (κ3) is 5.22. The van der Waals surface area contributed by atoms with Gasteiger partial charge in [0.05, 0.1) is 10.6 Å². The molecule has 0 bridgehead atoms. The van der Waals surface area contributed by atoms with Gasteiger partial charge in [-0.1, -0.05) is 30.0 Å². The largest absolute Gasteiger partial charge is 0.326 e. The number of nitrogens with zero attached hydrogens (tertiary/aromatic N) is 2. The van der Waals surface area contributed by atoms with E-state index in [0.29, 0.717) is 23.1 Å². The number of rotatable bonds is 6. The molecule has 3 rings (SSSR count). The molecule has 1 saturated heterocycles. The minimum absolute atomic E-state index is 0.0144. The van der Waals surface area contributed by atoms with E-state index in [4.69, 9.17) is 5.14 Å². The van der Waals surface area contributed by atoms with Crippen LogP contribution in [0.15, 0.2) is 64.5 Å². The first-order valence-electron chi connectivity index (χ1n) is 8.82. The predicted molar refractivity (Wildman–Crippen MR) is 113 cm³/mol. The number of aliphatic imine (C=N–C) groups is 1. The van der Waals surface area contributed by atoms with E-state index in [1.807, 2.05) is 25.1 Å². The Morgan fingerprint density at radius 2 is 1.83 bits per heavy atom. The van der Waals surface area contributed by atoms with Crippen LogP contribution in [0.2, 0.25) is 0 Å². The fourth-order valence-corrected chi connectivity index (χ4v) is 4.48. The van der Waals surface area contributed by atoms with E-state index in [1.54, 1.807) is 12.1 Å². The molecule has 29 heavy (non-hydrogen) atoms. The molecule has 1 fully saturated rings. The number of para-hydroxylation sites is 1. The average molecular weight is 433 g/mol. The molecule has 3 N–H and O–H groups in total. The van der Waals surface area contributed by atoms with Gasteiger partial charge in [-0.15, -0.1) is 0 Å². The van der Waals surface area contributed by atoms with E-state index in [0.717, 1.165) is 0 Å². The first kappa shape index (κ1) is 21.0. The van der Waals surface area contributed by atoms with E-state index in [1.165, 1.54) is 40.9 Å². The summed E-state index contributed by atoms with van der Waals surface area (Å²) in [6, 6.07) is 14.8. The summed E-state index contributed by atoms with van der Waals surface area (Å²) in [4.78, 5) is 30.9. The number of anilines is 1. The number of amidine groups is 1. The number of sulfonamides is 1. The van der Waals surface area contributed by atoms with E-state index >= 15 is 0 Å². The van der Waals surface area contributed by atoms with Crippen LogP contribution in [0, 0.1) is 0 Å². The zero-order chi connectivity index (χ0) is 21.0. The summed E-state index contributed by atoms with van der Waals surface area (Å²) in [6.45, 7) is 2.24. The Kier molecular flexibility index (Phi) is 6.36. The molecule has 1 aliphatic heterocycles. The number of carbonyl (C=O) groups excluding carboxylic acids is 2. The Labute approximate surface area is 173 Å². The van der Waals surface area contributed by atoms with Gasteiger partial charge in [-0.3, -0.25) is 14.5 Å². The molecule has 152 valence electrons. The van der Waals surface area contributed by atoms with Gasteiger partial charge in [-0.2, -0.15) is 0 Å². The topological polar surface area (TPSA) is 122 Å². The van der Waals surface area contributed by atoms with Crippen molar-refractivity contribution in [3.63, 3.8) is 0 Å². The van der Waals surface area contributed by atoms with Crippen molar-refractivity contribution in [2.45, 2.75) is 23.5 Å². The smallest absolute Gasteiger partial charge is 0.242 e. The molecule has 0 spiro atoms. The summed E-state index contributed by atoms with van der Waals surface area (Å²) >= 11 is 1.22. The zero-order valence-corrected chi connectivity index (χ0v) is 17.2. The fourth-order valence-electron chi connectivity index (χ4n) is 2.74. The van der Waals surface area contributed by atoms with Crippen LogP contribution in [0.4, 0.5) is 11.4 Å². The van der Waals surface area contributed by atoms with Gasteiger partial charge in [-0.25, -0.2) is 18.5 Å². The van der Waals surface area contributed by atoms with Gasteiger partial charge in [0.15, 0.2) is 5.17 Å². The van der Waals surface area contributed by atoms with Crippen molar-refractivity contribution in [2.75, 3.05) is 11.9 Å². The number of nitrogens with two attached hydrogens (primary N) is 1. The predicted octanol–water partition coefficient (Wildman–Crippen LogP) is 2.31. The second kappa shape index (κ2) is 8.76. The highest BCUT2D eigenvalue weighted by atomic mass is 32.2. The second-order valence-corrected chi connectivity index (χ2v) is 8.97. The summed E-state index contributed by atoms with van der Waals surface area (Å²) < 4.78 is 22.7. The molecule has 2 amide bonds. The Balaban J connectivity index is 1.73. The molecular weight excluding hydrogens is 412 g/mol. The number of amides is 2. The number of hydrogen-bond acceptors (Lipinski definition) is 6. The lowest BCUT2D eigenvalue weighted by molar-refractivity contribution is -0.128. The van der Waals surface area contributed by atoms with Crippen LogP contribution < -0.4 is 10.5 Å². The molecular formula is C19H20N4O4S2. The van der Waals surface area contributed by atoms with E-state index in [9.17, 15) is 18.0 Å². The maximum atomic E-state index is 12.7. The lowest BCUT2D eigenvalue weighted by atomic mass is 10.2. The standard InChI is InChI=1S/C19H20N4O4S2/c1-2-23-18(25)16(12-17(24)21-13-6-4-3-5-7-13)28-19(23)22-14-8-10-15(11-9-14)29(20,26)27/h3-11,16H,2,12H2,1H3,(H,21,24)(H2,20,26,27)/t16-/m0/s1. The molecule has 0 unspecified atom stereocenters. The first-order chi connectivity index (χ1) is 13.8. The van der Waals surface area contributed by atoms with Gasteiger partial charge < -0.3 is 5.32 Å². The van der Waals surface area contributed by atoms with Gasteiger partial charge in [0, 0.05) is 18.7 Å². The fraction of sp³-hybridized carbons (Fsp3) is 0.211. The highest BCUT2D eigenvalue weighted by Gasteiger charge is 2.38. The summed E-state index contributed by atoms with van der Waals surface area (Å²) in [5.74, 6) is -0.433. The SMILES string of the molecule is CCN1C(=O)[C@H](CC(=O)Nc2ccccc2)SC1=Nc1ccc(S(N)(=O)=O)cc1. The van der Waals surface area contributed by atoms with E-state index in [2.05, 4.69) is 10.3 Å². The number of hydrogen-bond donors (Lipinski definition) is 2. The van der Waals surface area contributed by atoms with Crippen LogP contribution in [0.1, 0.15) is 13.3 Å². The molecule has 10 heteroatoms. The van der Waals surface area contributed by atoms with E-state index < -0.39 is 15.3 Å². The maximum absolute atomic E-state index is 12.7. The van der Waals surface area contributed by atoms with Crippen molar-refractivity contribution in [2.24, 2.45) is 10.1 Å².